The zero-order valence-corrected chi connectivity index (χ0v) is 11.7. The van der Waals surface area contributed by atoms with Crippen LogP contribution < -0.4 is 5.32 Å². The van der Waals surface area contributed by atoms with Crippen LogP contribution in [0.3, 0.4) is 0 Å². The molecule has 0 bridgehead atoms. The van der Waals surface area contributed by atoms with Crippen molar-refractivity contribution in [1.82, 2.24) is 0 Å². The summed E-state index contributed by atoms with van der Waals surface area (Å²) < 4.78 is 4.82. The highest BCUT2D eigenvalue weighted by molar-refractivity contribution is 6.44. The van der Waals surface area contributed by atoms with Gasteiger partial charge in [-0.15, -0.1) is 0 Å². The van der Waals surface area contributed by atoms with E-state index in [9.17, 15) is 4.79 Å². The third kappa shape index (κ3) is 2.75. The Balaban J connectivity index is 2.28. The summed E-state index contributed by atoms with van der Waals surface area (Å²) in [5, 5.41) is 3.44. The van der Waals surface area contributed by atoms with Crippen molar-refractivity contribution in [3.8, 4) is 0 Å². The lowest BCUT2D eigenvalue weighted by Crippen LogP contribution is -2.11. The summed E-state index contributed by atoms with van der Waals surface area (Å²) >= 11 is 23.2. The molecule has 1 heterocycles. The van der Waals surface area contributed by atoms with Crippen LogP contribution in [0.15, 0.2) is 28.9 Å². The van der Waals surface area contributed by atoms with E-state index in [2.05, 4.69) is 5.32 Å². The summed E-state index contributed by atoms with van der Waals surface area (Å²) in [5.74, 6) is -0.450. The molecule has 0 aliphatic carbocycles. The number of carbonyl (C=O) groups is 1. The van der Waals surface area contributed by atoms with Crippen molar-refractivity contribution >= 4 is 58.0 Å². The first-order chi connectivity index (χ1) is 8.49. The monoisotopic (exact) mass is 323 g/mol. The average Bonchev–Trinajstić information content (AvgIpc) is 2.72. The van der Waals surface area contributed by atoms with Gasteiger partial charge in [0.15, 0.2) is 0 Å². The molecule has 2 rings (SSSR count). The van der Waals surface area contributed by atoms with Gasteiger partial charge in [0.25, 0.3) is 5.91 Å². The third-order valence-electron chi connectivity index (χ3n) is 2.12. The highest BCUT2D eigenvalue weighted by Gasteiger charge is 2.15. The number of anilines is 1. The smallest absolute Gasteiger partial charge is 0.260 e. The second-order valence-corrected chi connectivity index (χ2v) is 4.87. The van der Waals surface area contributed by atoms with E-state index < -0.39 is 5.91 Å². The Kier molecular flexibility index (Phi) is 4.07. The van der Waals surface area contributed by atoms with Crippen LogP contribution in [-0.4, -0.2) is 5.91 Å². The fourth-order valence-electron chi connectivity index (χ4n) is 1.26. The number of halogens is 4. The third-order valence-corrected chi connectivity index (χ3v) is 3.45. The number of hydrogen-bond donors (Lipinski definition) is 1. The lowest BCUT2D eigenvalue weighted by molar-refractivity contribution is 0.102. The second-order valence-electron chi connectivity index (χ2n) is 3.31. The van der Waals surface area contributed by atoms with Crippen LogP contribution in [-0.2, 0) is 0 Å². The Morgan fingerprint density at radius 1 is 1.06 bits per heavy atom. The van der Waals surface area contributed by atoms with Crippen molar-refractivity contribution in [3.63, 3.8) is 0 Å². The predicted molar refractivity (Wildman–Crippen MR) is 73.1 cm³/mol. The van der Waals surface area contributed by atoms with Crippen molar-refractivity contribution in [2.45, 2.75) is 0 Å². The Morgan fingerprint density at radius 3 is 2.33 bits per heavy atom. The van der Waals surface area contributed by atoms with Crippen LogP contribution in [0.25, 0.3) is 0 Å². The summed E-state index contributed by atoms with van der Waals surface area (Å²) in [7, 11) is 0. The molecule has 7 heteroatoms. The van der Waals surface area contributed by atoms with Crippen molar-refractivity contribution in [2.75, 3.05) is 5.32 Å². The van der Waals surface area contributed by atoms with E-state index >= 15 is 0 Å². The predicted octanol–water partition coefficient (Wildman–Crippen LogP) is 5.15. The first-order valence-corrected chi connectivity index (χ1v) is 6.19. The number of nitrogens with one attached hydrogen (secondary N) is 1. The molecule has 1 aromatic carbocycles. The second kappa shape index (κ2) is 5.41. The molecule has 0 spiro atoms. The first kappa shape index (κ1) is 13.6. The standard InChI is InChI=1S/C11H5Cl4NO2/c12-6-3-8(14)9(4-7(6)13)16-11(17)5-1-2-18-10(5)15/h1-4H,(H,16,17). The molecular weight excluding hydrogens is 320 g/mol. The summed E-state index contributed by atoms with van der Waals surface area (Å²) in [6.45, 7) is 0. The van der Waals surface area contributed by atoms with E-state index in [1.54, 1.807) is 0 Å². The molecular formula is C11H5Cl4NO2. The fraction of sp³-hybridized carbons (Fsp3) is 0. The van der Waals surface area contributed by atoms with Crippen LogP contribution in [0, 0.1) is 0 Å². The molecule has 0 atom stereocenters. The van der Waals surface area contributed by atoms with Gasteiger partial charge < -0.3 is 9.73 Å². The van der Waals surface area contributed by atoms with Crippen molar-refractivity contribution < 1.29 is 9.21 Å². The van der Waals surface area contributed by atoms with Gasteiger partial charge in [-0.3, -0.25) is 4.79 Å². The molecule has 18 heavy (non-hydrogen) atoms. The van der Waals surface area contributed by atoms with Gasteiger partial charge in [0.1, 0.15) is 0 Å². The Hall–Kier alpha value is -0.870. The normalized spacial score (nSPS) is 10.4. The lowest BCUT2D eigenvalue weighted by atomic mass is 10.2. The van der Waals surface area contributed by atoms with E-state index in [1.165, 1.54) is 24.5 Å². The SMILES string of the molecule is O=C(Nc1cc(Cl)c(Cl)cc1Cl)c1ccoc1Cl. The summed E-state index contributed by atoms with van der Waals surface area (Å²) in [4.78, 5) is 11.9. The Labute approximate surface area is 123 Å². The lowest BCUT2D eigenvalue weighted by Gasteiger charge is -2.07. The minimum Gasteiger partial charge on any atom is -0.452 e. The molecule has 94 valence electrons. The van der Waals surface area contributed by atoms with Gasteiger partial charge in [-0.1, -0.05) is 34.8 Å². The number of rotatable bonds is 2. The van der Waals surface area contributed by atoms with E-state index in [-0.39, 0.29) is 20.8 Å². The molecule has 1 N–H and O–H groups in total. The number of benzene rings is 1. The highest BCUT2D eigenvalue weighted by Crippen LogP contribution is 2.32. The van der Waals surface area contributed by atoms with Crippen LogP contribution in [0.2, 0.25) is 20.3 Å². The molecule has 0 fully saturated rings. The van der Waals surface area contributed by atoms with Gasteiger partial charge >= 0.3 is 0 Å². The molecule has 3 nitrogen and oxygen atoms in total. The Bertz CT molecular complexity index is 609. The van der Waals surface area contributed by atoms with E-state index in [0.717, 1.165) is 0 Å². The van der Waals surface area contributed by atoms with Gasteiger partial charge in [-0.2, -0.15) is 0 Å². The van der Waals surface area contributed by atoms with E-state index in [1.807, 2.05) is 0 Å². The molecule has 2 aromatic rings. The number of furan rings is 1. The van der Waals surface area contributed by atoms with Gasteiger partial charge in [0.05, 0.1) is 32.6 Å². The maximum absolute atomic E-state index is 11.9. The topological polar surface area (TPSA) is 42.2 Å². The van der Waals surface area contributed by atoms with Gasteiger partial charge in [0, 0.05) is 0 Å². The summed E-state index contributed by atoms with van der Waals surface area (Å²) in [6.07, 6.45) is 1.31. The van der Waals surface area contributed by atoms with Crippen LogP contribution in [0.4, 0.5) is 5.69 Å². The highest BCUT2D eigenvalue weighted by atomic mass is 35.5. The van der Waals surface area contributed by atoms with Gasteiger partial charge in [0.2, 0.25) is 5.22 Å². The minimum absolute atomic E-state index is 0.00341. The number of hydrogen-bond acceptors (Lipinski definition) is 2. The first-order valence-electron chi connectivity index (χ1n) is 4.68. The van der Waals surface area contributed by atoms with E-state index in [4.69, 9.17) is 50.8 Å². The number of carbonyl (C=O) groups excluding carboxylic acids is 1. The summed E-state index contributed by atoms with van der Waals surface area (Å²) in [6, 6.07) is 4.35. The molecule has 1 amide bonds. The molecule has 0 aliphatic rings. The van der Waals surface area contributed by atoms with Crippen molar-refractivity contribution in [2.24, 2.45) is 0 Å². The zero-order chi connectivity index (χ0) is 13.3. The molecule has 0 saturated carbocycles. The van der Waals surface area contributed by atoms with Crippen LogP contribution >= 0.6 is 46.4 Å². The quantitative estimate of drug-likeness (QED) is 0.776. The average molecular weight is 325 g/mol. The molecule has 0 unspecified atom stereocenters. The van der Waals surface area contributed by atoms with Crippen molar-refractivity contribution in [1.29, 1.82) is 0 Å². The maximum atomic E-state index is 11.9. The minimum atomic E-state index is -0.450. The summed E-state index contributed by atoms with van der Waals surface area (Å²) in [5.41, 5.74) is 0.548. The van der Waals surface area contributed by atoms with Gasteiger partial charge in [-0.05, 0) is 29.8 Å². The van der Waals surface area contributed by atoms with Crippen molar-refractivity contribution in [3.05, 3.63) is 50.3 Å². The number of amides is 1. The fourth-order valence-corrected chi connectivity index (χ4v) is 2.06. The van der Waals surface area contributed by atoms with Crippen LogP contribution in [0.5, 0.6) is 0 Å². The van der Waals surface area contributed by atoms with Crippen LogP contribution in [0.1, 0.15) is 10.4 Å². The largest absolute Gasteiger partial charge is 0.452 e. The van der Waals surface area contributed by atoms with Gasteiger partial charge in [-0.25, -0.2) is 0 Å². The molecule has 0 radical (unpaired) electrons. The Morgan fingerprint density at radius 2 is 1.72 bits per heavy atom. The zero-order valence-electron chi connectivity index (χ0n) is 8.64. The molecule has 0 saturated heterocycles. The molecule has 0 aliphatic heterocycles. The molecule has 1 aromatic heterocycles. The maximum Gasteiger partial charge on any atom is 0.260 e. The van der Waals surface area contributed by atoms with E-state index in [0.29, 0.717) is 10.7 Å².